The molecule has 2 aliphatic heterocycles. The minimum Gasteiger partial charge on any atom is -0.379 e. The fourth-order valence-electron chi connectivity index (χ4n) is 4.64. The van der Waals surface area contributed by atoms with Gasteiger partial charge in [0.05, 0.1) is 5.71 Å². The van der Waals surface area contributed by atoms with Crippen molar-refractivity contribution >= 4 is 40.4 Å². The van der Waals surface area contributed by atoms with Crippen LogP contribution in [0.1, 0.15) is 24.8 Å². The summed E-state index contributed by atoms with van der Waals surface area (Å²) in [7, 11) is 0. The first-order valence-corrected chi connectivity index (χ1v) is 12.9. The summed E-state index contributed by atoms with van der Waals surface area (Å²) < 4.78 is 18.8. The van der Waals surface area contributed by atoms with E-state index < -0.39 is 5.60 Å². The summed E-state index contributed by atoms with van der Waals surface area (Å²) in [5, 5.41) is 9.42. The van der Waals surface area contributed by atoms with Crippen LogP contribution < -0.4 is 9.80 Å². The second kappa shape index (κ2) is 9.89. The predicted octanol–water partition coefficient (Wildman–Crippen LogP) is 5.94. The molecular formula is C27H23Cl2FN6O2. The van der Waals surface area contributed by atoms with Gasteiger partial charge in [0.15, 0.2) is 0 Å². The number of rotatable bonds is 5. The number of benzene rings is 2. The van der Waals surface area contributed by atoms with Gasteiger partial charge in [-0.1, -0.05) is 33.5 Å². The first-order chi connectivity index (χ1) is 18.4. The van der Waals surface area contributed by atoms with Crippen molar-refractivity contribution in [2.24, 2.45) is 5.16 Å². The molecule has 4 aromatic rings. The lowest BCUT2D eigenvalue weighted by molar-refractivity contribution is -0.0313. The van der Waals surface area contributed by atoms with Crippen LogP contribution in [0.15, 0.2) is 70.5 Å². The molecule has 0 radical (unpaired) electrons. The average Bonchev–Trinajstić information content (AvgIpc) is 3.58. The van der Waals surface area contributed by atoms with E-state index in [1.807, 2.05) is 31.2 Å². The number of pyridine rings is 1. The third kappa shape index (κ3) is 4.91. The molecule has 0 aliphatic carbocycles. The zero-order chi connectivity index (χ0) is 26.3. The molecule has 0 bridgehead atoms. The van der Waals surface area contributed by atoms with Gasteiger partial charge >= 0.3 is 0 Å². The van der Waals surface area contributed by atoms with Crippen molar-refractivity contribution in [2.75, 3.05) is 36.0 Å². The summed E-state index contributed by atoms with van der Waals surface area (Å²) in [5.41, 5.74) is 2.33. The van der Waals surface area contributed by atoms with E-state index in [2.05, 4.69) is 30.1 Å². The number of halogens is 3. The predicted molar refractivity (Wildman–Crippen MR) is 144 cm³/mol. The van der Waals surface area contributed by atoms with Crippen LogP contribution in [0.25, 0.3) is 11.4 Å². The van der Waals surface area contributed by atoms with Gasteiger partial charge in [-0.3, -0.25) is 0 Å². The maximum Gasteiger partial charge on any atom is 0.274 e. The Morgan fingerprint density at radius 1 is 0.895 bits per heavy atom. The van der Waals surface area contributed by atoms with E-state index >= 15 is 0 Å². The third-order valence-corrected chi connectivity index (χ3v) is 7.17. The van der Waals surface area contributed by atoms with E-state index in [-0.39, 0.29) is 5.82 Å². The topological polar surface area (TPSA) is 79.9 Å². The molecule has 2 aromatic heterocycles. The zero-order valence-corrected chi connectivity index (χ0v) is 22.0. The lowest BCUT2D eigenvalue weighted by Gasteiger charge is -2.36. The lowest BCUT2D eigenvalue weighted by atomic mass is 9.96. The lowest BCUT2D eigenvalue weighted by Crippen LogP contribution is -2.46. The standard InChI is InChI=1S/C27H23Cl2FN6O2/c1-27(15-23(33-38-27)18-12-19(28)14-20(29)13-18)26-32-25(34-37-26)17-2-7-24(31-16-17)36-10-8-35(9-11-36)22-5-3-21(30)4-6-22/h2-7,12-14,16H,8-11,15H2,1H3. The fraction of sp³-hybridized carbons (Fsp3) is 0.259. The smallest absolute Gasteiger partial charge is 0.274 e. The summed E-state index contributed by atoms with van der Waals surface area (Å²) in [6.07, 6.45) is 2.16. The SMILES string of the molecule is CC1(c2nc(-c3ccc(N4CCN(c5ccc(F)cc5)CC4)nc3)no2)CC(c2cc(Cl)cc(Cl)c2)=NO1. The van der Waals surface area contributed by atoms with Crippen LogP contribution in [-0.4, -0.2) is 47.0 Å². The van der Waals surface area contributed by atoms with Crippen LogP contribution in [0.5, 0.6) is 0 Å². The monoisotopic (exact) mass is 552 g/mol. The average molecular weight is 553 g/mol. The Morgan fingerprint density at radius 2 is 1.61 bits per heavy atom. The molecule has 1 saturated heterocycles. The van der Waals surface area contributed by atoms with Gasteiger partial charge in [0, 0.05) is 65.7 Å². The minimum atomic E-state index is -0.910. The molecule has 0 spiro atoms. The van der Waals surface area contributed by atoms with Gasteiger partial charge in [-0.15, -0.1) is 0 Å². The molecule has 1 fully saturated rings. The quantitative estimate of drug-likeness (QED) is 0.303. The van der Waals surface area contributed by atoms with Crippen molar-refractivity contribution in [3.05, 3.63) is 88.1 Å². The molecule has 6 rings (SSSR count). The number of anilines is 2. The minimum absolute atomic E-state index is 0.226. The van der Waals surface area contributed by atoms with E-state index in [1.165, 1.54) is 12.1 Å². The molecule has 11 heteroatoms. The second-order valence-corrected chi connectivity index (χ2v) is 10.3. The summed E-state index contributed by atoms with van der Waals surface area (Å²) in [4.78, 5) is 19.4. The van der Waals surface area contributed by atoms with Crippen molar-refractivity contribution in [2.45, 2.75) is 18.9 Å². The molecule has 0 N–H and O–H groups in total. The highest BCUT2D eigenvalue weighted by Gasteiger charge is 2.42. The Labute approximate surface area is 228 Å². The molecule has 2 aromatic carbocycles. The molecule has 0 amide bonds. The Kier molecular flexibility index (Phi) is 6.41. The van der Waals surface area contributed by atoms with Gasteiger partial charge in [0.2, 0.25) is 11.4 Å². The van der Waals surface area contributed by atoms with Gasteiger partial charge < -0.3 is 19.2 Å². The van der Waals surface area contributed by atoms with Crippen LogP contribution >= 0.6 is 23.2 Å². The van der Waals surface area contributed by atoms with Gasteiger partial charge in [-0.25, -0.2) is 9.37 Å². The van der Waals surface area contributed by atoms with Crippen molar-refractivity contribution in [3.63, 3.8) is 0 Å². The van der Waals surface area contributed by atoms with Crippen LogP contribution in [0.4, 0.5) is 15.9 Å². The number of oxime groups is 1. The zero-order valence-electron chi connectivity index (χ0n) is 20.4. The summed E-state index contributed by atoms with van der Waals surface area (Å²) in [6.45, 7) is 5.12. The van der Waals surface area contributed by atoms with Crippen LogP contribution in [-0.2, 0) is 10.4 Å². The van der Waals surface area contributed by atoms with Crippen LogP contribution in [0, 0.1) is 5.82 Å². The molecular weight excluding hydrogens is 530 g/mol. The van der Waals surface area contributed by atoms with E-state index in [4.69, 9.17) is 32.6 Å². The summed E-state index contributed by atoms with van der Waals surface area (Å²) in [6, 6.07) is 15.7. The van der Waals surface area contributed by atoms with Crippen molar-refractivity contribution in [1.29, 1.82) is 0 Å². The van der Waals surface area contributed by atoms with Crippen LogP contribution in [0.3, 0.4) is 0 Å². The number of hydrogen-bond donors (Lipinski definition) is 0. The van der Waals surface area contributed by atoms with E-state index in [0.717, 1.165) is 48.8 Å². The molecule has 8 nitrogen and oxygen atoms in total. The highest BCUT2D eigenvalue weighted by atomic mass is 35.5. The molecule has 2 aliphatic rings. The molecule has 38 heavy (non-hydrogen) atoms. The molecule has 0 saturated carbocycles. The maximum absolute atomic E-state index is 13.2. The first-order valence-electron chi connectivity index (χ1n) is 12.1. The highest BCUT2D eigenvalue weighted by Crippen LogP contribution is 2.37. The number of nitrogens with zero attached hydrogens (tertiary/aromatic N) is 6. The van der Waals surface area contributed by atoms with E-state index in [1.54, 1.807) is 24.4 Å². The van der Waals surface area contributed by atoms with Crippen molar-refractivity contribution in [1.82, 2.24) is 15.1 Å². The number of aromatic nitrogens is 3. The number of piperazine rings is 1. The Morgan fingerprint density at radius 3 is 2.29 bits per heavy atom. The fourth-order valence-corrected chi connectivity index (χ4v) is 5.16. The second-order valence-electron chi connectivity index (χ2n) is 9.47. The largest absolute Gasteiger partial charge is 0.379 e. The van der Waals surface area contributed by atoms with E-state index in [0.29, 0.717) is 33.9 Å². The molecule has 1 atom stereocenters. The van der Waals surface area contributed by atoms with E-state index in [9.17, 15) is 4.39 Å². The van der Waals surface area contributed by atoms with Crippen molar-refractivity contribution in [3.8, 4) is 11.4 Å². The van der Waals surface area contributed by atoms with Gasteiger partial charge in [-0.2, -0.15) is 4.98 Å². The Bertz CT molecular complexity index is 1470. The molecule has 194 valence electrons. The summed E-state index contributed by atoms with van der Waals surface area (Å²) >= 11 is 12.3. The van der Waals surface area contributed by atoms with Crippen LogP contribution in [0.2, 0.25) is 10.0 Å². The van der Waals surface area contributed by atoms with Crippen molar-refractivity contribution < 1.29 is 13.8 Å². The van der Waals surface area contributed by atoms with Gasteiger partial charge in [-0.05, 0) is 61.5 Å². The summed E-state index contributed by atoms with van der Waals surface area (Å²) in [5.74, 6) is 1.39. The van der Waals surface area contributed by atoms with Gasteiger partial charge in [0.25, 0.3) is 5.89 Å². The third-order valence-electron chi connectivity index (χ3n) is 6.74. The first kappa shape index (κ1) is 24.6. The molecule has 1 unspecified atom stereocenters. The number of hydrogen-bond acceptors (Lipinski definition) is 8. The normalized spacial score (nSPS) is 19.4. The van der Waals surface area contributed by atoms with Gasteiger partial charge in [0.1, 0.15) is 11.6 Å². The molecule has 4 heterocycles. The Hall–Kier alpha value is -3.69. The Balaban J connectivity index is 1.10. The maximum atomic E-state index is 13.2. The highest BCUT2D eigenvalue weighted by molar-refractivity contribution is 6.35.